The fourth-order valence-corrected chi connectivity index (χ4v) is 11.6. The third kappa shape index (κ3) is 3.43. The minimum absolute atomic E-state index is 0.876. The van der Waals surface area contributed by atoms with Crippen molar-refractivity contribution >= 4 is 40.1 Å². The molecule has 0 aromatic rings. The Kier molecular flexibility index (Phi) is 3.09. The third-order valence-electron chi connectivity index (χ3n) is 2.49. The van der Waals surface area contributed by atoms with E-state index in [4.69, 9.17) is 0 Å². The minimum Gasteiger partial charge on any atom is -0.211 e. The van der Waals surface area contributed by atoms with E-state index in [0.29, 0.717) is 0 Å². The van der Waals surface area contributed by atoms with Gasteiger partial charge in [0.15, 0.2) is 0 Å². The molecular formula is C5H10N2O8S4. The van der Waals surface area contributed by atoms with E-state index >= 15 is 0 Å². The van der Waals surface area contributed by atoms with Crippen molar-refractivity contribution in [3.63, 3.8) is 0 Å². The van der Waals surface area contributed by atoms with Crippen LogP contribution in [0.15, 0.2) is 0 Å². The molecule has 0 aromatic carbocycles. The molecule has 0 aliphatic carbocycles. The highest BCUT2D eigenvalue weighted by molar-refractivity contribution is 8.07. The molecule has 0 radical (unpaired) electrons. The van der Waals surface area contributed by atoms with Crippen molar-refractivity contribution < 1.29 is 33.7 Å². The Bertz CT molecular complexity index is 674. The molecule has 112 valence electrons. The van der Waals surface area contributed by atoms with Gasteiger partial charge in [-0.1, -0.05) is 0 Å². The van der Waals surface area contributed by atoms with E-state index in [0.717, 1.165) is 0 Å². The SMILES string of the molecule is O=S1(=O)CC2(CS(=O)(=O)N1)CS(=O)(=O)NS(=O)(=O)C2. The van der Waals surface area contributed by atoms with Crippen molar-refractivity contribution in [1.82, 2.24) is 8.25 Å². The number of hydrogen-bond donors (Lipinski definition) is 2. The summed E-state index contributed by atoms with van der Waals surface area (Å²) >= 11 is 0. The number of sulfonamides is 4. The van der Waals surface area contributed by atoms with Gasteiger partial charge in [0.1, 0.15) is 0 Å². The van der Waals surface area contributed by atoms with Gasteiger partial charge in [0.25, 0.3) is 0 Å². The fraction of sp³-hybridized carbons (Fsp3) is 1.00. The summed E-state index contributed by atoms with van der Waals surface area (Å²) in [4.78, 5) is 0. The second-order valence-corrected chi connectivity index (χ2v) is 12.1. The van der Waals surface area contributed by atoms with Gasteiger partial charge in [-0.2, -0.15) is 0 Å². The lowest BCUT2D eigenvalue weighted by molar-refractivity contribution is 0.429. The molecule has 2 aliphatic heterocycles. The van der Waals surface area contributed by atoms with E-state index in [9.17, 15) is 33.7 Å². The molecule has 2 fully saturated rings. The van der Waals surface area contributed by atoms with Crippen molar-refractivity contribution in [2.45, 2.75) is 0 Å². The minimum atomic E-state index is -4.29. The van der Waals surface area contributed by atoms with Crippen LogP contribution in [-0.4, -0.2) is 56.7 Å². The fourth-order valence-electron chi connectivity index (χ4n) is 2.37. The smallest absolute Gasteiger partial charge is 0.211 e. The van der Waals surface area contributed by atoms with E-state index in [1.807, 2.05) is 0 Å². The van der Waals surface area contributed by atoms with Gasteiger partial charge >= 0.3 is 0 Å². The lowest BCUT2D eigenvalue weighted by Gasteiger charge is -2.38. The molecule has 0 bridgehead atoms. The number of nitrogens with one attached hydrogen (secondary N) is 2. The van der Waals surface area contributed by atoms with Crippen LogP contribution in [-0.2, 0) is 40.1 Å². The van der Waals surface area contributed by atoms with E-state index in [1.165, 1.54) is 8.25 Å². The molecule has 2 aliphatic rings. The molecule has 2 rings (SSSR count). The molecule has 2 N–H and O–H groups in total. The average molecular weight is 354 g/mol. The summed E-state index contributed by atoms with van der Waals surface area (Å²) in [6.45, 7) is 0. The first-order valence-electron chi connectivity index (χ1n) is 4.72. The van der Waals surface area contributed by atoms with E-state index < -0.39 is 68.5 Å². The normalized spacial score (nSPS) is 33.7. The van der Waals surface area contributed by atoms with Crippen LogP contribution in [0.3, 0.4) is 0 Å². The molecule has 0 atom stereocenters. The molecule has 0 amide bonds. The van der Waals surface area contributed by atoms with Crippen LogP contribution in [0.1, 0.15) is 0 Å². The summed E-state index contributed by atoms with van der Waals surface area (Å²) in [5, 5.41) is 0. The lowest BCUT2D eigenvalue weighted by atomic mass is 9.99. The van der Waals surface area contributed by atoms with Crippen LogP contribution >= 0.6 is 0 Å². The molecular weight excluding hydrogens is 344 g/mol. The van der Waals surface area contributed by atoms with Gasteiger partial charge < -0.3 is 0 Å². The highest BCUT2D eigenvalue weighted by Crippen LogP contribution is 2.32. The second-order valence-electron chi connectivity index (χ2n) is 4.70. The second kappa shape index (κ2) is 3.88. The Balaban J connectivity index is 2.59. The molecule has 2 heterocycles. The molecule has 0 unspecified atom stereocenters. The summed E-state index contributed by atoms with van der Waals surface area (Å²) in [7, 11) is -17.2. The van der Waals surface area contributed by atoms with Crippen LogP contribution in [0.25, 0.3) is 0 Å². The summed E-state index contributed by atoms with van der Waals surface area (Å²) < 4.78 is 94.5. The third-order valence-corrected chi connectivity index (χ3v) is 10.5. The van der Waals surface area contributed by atoms with Crippen molar-refractivity contribution in [3.05, 3.63) is 0 Å². The Morgan fingerprint density at radius 2 is 0.737 bits per heavy atom. The van der Waals surface area contributed by atoms with Gasteiger partial charge in [0, 0.05) is 5.41 Å². The van der Waals surface area contributed by atoms with Crippen LogP contribution in [0, 0.1) is 5.41 Å². The highest BCUT2D eigenvalue weighted by atomic mass is 32.3. The first-order chi connectivity index (χ1) is 8.24. The summed E-state index contributed by atoms with van der Waals surface area (Å²) in [5.74, 6) is -3.50. The zero-order valence-electron chi connectivity index (χ0n) is 9.23. The molecule has 0 saturated carbocycles. The van der Waals surface area contributed by atoms with E-state index in [1.54, 1.807) is 0 Å². The molecule has 2 saturated heterocycles. The Morgan fingerprint density at radius 3 is 0.947 bits per heavy atom. The predicted molar refractivity (Wildman–Crippen MR) is 63.9 cm³/mol. The van der Waals surface area contributed by atoms with Crippen LogP contribution in [0.5, 0.6) is 0 Å². The zero-order chi connectivity index (χ0) is 14.7. The topological polar surface area (TPSA) is 161 Å². The van der Waals surface area contributed by atoms with Gasteiger partial charge in [-0.25, -0.2) is 33.7 Å². The standard InChI is InChI=1S/C5H10N2O8S4/c8-16(9)1-5(2-17(10,11)6-16)3-18(12,13)7-19(14,15)4-5/h6-7H,1-4H2. The number of rotatable bonds is 0. The monoisotopic (exact) mass is 354 g/mol. The quantitative estimate of drug-likeness (QED) is 0.453. The maximum absolute atomic E-state index is 11.5. The molecule has 1 spiro atoms. The van der Waals surface area contributed by atoms with Crippen molar-refractivity contribution in [2.75, 3.05) is 23.0 Å². The predicted octanol–water partition coefficient (Wildman–Crippen LogP) is -3.50. The van der Waals surface area contributed by atoms with Gasteiger partial charge in [-0.3, -0.25) is 0 Å². The van der Waals surface area contributed by atoms with Crippen LogP contribution in [0.4, 0.5) is 0 Å². The summed E-state index contributed by atoms with van der Waals surface area (Å²) in [6.07, 6.45) is 0. The first kappa shape index (κ1) is 15.1. The lowest BCUT2D eigenvalue weighted by Crippen LogP contribution is -2.62. The van der Waals surface area contributed by atoms with Crippen LogP contribution in [0.2, 0.25) is 0 Å². The summed E-state index contributed by atoms with van der Waals surface area (Å²) in [6, 6.07) is 0. The Labute approximate surface area is 110 Å². The van der Waals surface area contributed by atoms with Crippen molar-refractivity contribution in [2.24, 2.45) is 5.41 Å². The Hall–Kier alpha value is -0.280. The molecule has 0 aromatic heterocycles. The largest absolute Gasteiger partial charge is 0.225 e. The van der Waals surface area contributed by atoms with Gasteiger partial charge in [-0.15, -0.1) is 8.25 Å². The Morgan fingerprint density at radius 1 is 0.526 bits per heavy atom. The molecule has 19 heavy (non-hydrogen) atoms. The van der Waals surface area contributed by atoms with Gasteiger partial charge in [-0.05, 0) is 0 Å². The molecule has 10 nitrogen and oxygen atoms in total. The van der Waals surface area contributed by atoms with Crippen LogP contribution < -0.4 is 8.25 Å². The maximum atomic E-state index is 11.5. The van der Waals surface area contributed by atoms with Crippen molar-refractivity contribution in [3.8, 4) is 0 Å². The van der Waals surface area contributed by atoms with E-state index in [-0.39, 0.29) is 0 Å². The molecule has 14 heteroatoms. The van der Waals surface area contributed by atoms with Gasteiger partial charge in [0.2, 0.25) is 40.1 Å². The van der Waals surface area contributed by atoms with Gasteiger partial charge in [0.05, 0.1) is 23.0 Å². The first-order valence-corrected chi connectivity index (χ1v) is 11.3. The number of hydrogen-bond acceptors (Lipinski definition) is 8. The van der Waals surface area contributed by atoms with Crippen molar-refractivity contribution in [1.29, 1.82) is 0 Å². The van der Waals surface area contributed by atoms with E-state index in [2.05, 4.69) is 0 Å². The summed E-state index contributed by atoms with van der Waals surface area (Å²) in [5.41, 5.74) is -1.88. The zero-order valence-corrected chi connectivity index (χ0v) is 12.5. The maximum Gasteiger partial charge on any atom is 0.225 e. The average Bonchev–Trinajstić information content (AvgIpc) is 1.84. The highest BCUT2D eigenvalue weighted by Gasteiger charge is 2.54.